The quantitative estimate of drug-likeness (QED) is 0.193. The molecule has 220 valence electrons. The number of para-hydroxylation sites is 4. The minimum atomic E-state index is 0.325. The second-order valence-electron chi connectivity index (χ2n) is 11.6. The van der Waals surface area contributed by atoms with Gasteiger partial charge in [0, 0.05) is 34.6 Å². The van der Waals surface area contributed by atoms with E-state index < -0.39 is 0 Å². The topological polar surface area (TPSA) is 54.4 Å². The molecule has 5 aromatic carbocycles. The van der Waals surface area contributed by atoms with Gasteiger partial charge in [-0.15, -0.1) is 0 Å². The van der Waals surface area contributed by atoms with Gasteiger partial charge < -0.3 is 9.64 Å². The van der Waals surface area contributed by atoms with Gasteiger partial charge in [-0.25, -0.2) is 4.98 Å². The van der Waals surface area contributed by atoms with Crippen molar-refractivity contribution in [2.24, 2.45) is 0 Å². The average Bonchev–Trinajstić information content (AvgIpc) is 3.12. The molecule has 2 heterocycles. The Kier molecular flexibility index (Phi) is 7.16. The molecular formula is C39H33N5O. The molecule has 6 heteroatoms. The number of hydrogen-bond donors (Lipinski definition) is 0. The normalized spacial score (nSPS) is 14.3. The van der Waals surface area contributed by atoms with Crippen molar-refractivity contribution in [3.8, 4) is 22.9 Å². The van der Waals surface area contributed by atoms with Gasteiger partial charge in [0.05, 0.1) is 11.4 Å². The summed E-state index contributed by atoms with van der Waals surface area (Å²) in [5.74, 6) is 4.00. The molecule has 0 unspecified atom stereocenters. The van der Waals surface area contributed by atoms with Gasteiger partial charge in [-0.05, 0) is 61.4 Å². The van der Waals surface area contributed by atoms with Crippen LogP contribution in [-0.2, 0) is 0 Å². The van der Waals surface area contributed by atoms with Crippen LogP contribution in [0.15, 0.2) is 133 Å². The molecule has 1 aromatic heterocycles. The van der Waals surface area contributed by atoms with Crippen molar-refractivity contribution in [1.82, 2.24) is 15.0 Å². The first-order valence-electron chi connectivity index (χ1n) is 15.7. The number of anilines is 6. The van der Waals surface area contributed by atoms with Crippen LogP contribution in [0.25, 0.3) is 11.4 Å². The van der Waals surface area contributed by atoms with Gasteiger partial charge in [-0.3, -0.25) is 4.90 Å². The van der Waals surface area contributed by atoms with E-state index in [1.54, 1.807) is 0 Å². The molecule has 2 aliphatic rings. The number of hydrogen-bond acceptors (Lipinski definition) is 6. The Morgan fingerprint density at radius 3 is 1.89 bits per heavy atom. The molecule has 0 spiro atoms. The van der Waals surface area contributed by atoms with Gasteiger partial charge in [-0.2, -0.15) is 9.97 Å². The van der Waals surface area contributed by atoms with Gasteiger partial charge >= 0.3 is 0 Å². The molecule has 6 aromatic rings. The molecule has 0 amide bonds. The summed E-state index contributed by atoms with van der Waals surface area (Å²) >= 11 is 0. The van der Waals surface area contributed by atoms with Crippen molar-refractivity contribution < 1.29 is 4.74 Å². The van der Waals surface area contributed by atoms with Crippen LogP contribution < -0.4 is 14.5 Å². The maximum absolute atomic E-state index is 6.61. The zero-order valence-electron chi connectivity index (χ0n) is 25.0. The summed E-state index contributed by atoms with van der Waals surface area (Å²) in [5, 5.41) is 0. The molecule has 1 saturated carbocycles. The highest BCUT2D eigenvalue weighted by Crippen LogP contribution is 2.51. The fourth-order valence-electron chi connectivity index (χ4n) is 6.44. The third-order valence-electron chi connectivity index (χ3n) is 8.64. The van der Waals surface area contributed by atoms with Gasteiger partial charge in [0.15, 0.2) is 17.3 Å². The average molecular weight is 588 g/mol. The summed E-state index contributed by atoms with van der Waals surface area (Å²) in [7, 11) is 0. The van der Waals surface area contributed by atoms with E-state index in [4.69, 9.17) is 19.7 Å². The van der Waals surface area contributed by atoms with E-state index in [0.717, 1.165) is 64.2 Å². The smallest absolute Gasteiger partial charge is 0.238 e. The Balaban J connectivity index is 1.29. The van der Waals surface area contributed by atoms with Gasteiger partial charge in [0.25, 0.3) is 0 Å². The van der Waals surface area contributed by atoms with E-state index in [1.807, 2.05) is 48.5 Å². The SMILES string of the molecule is c1ccc(-c2nc(C3CCCCC3)nc(N3c4ccccc4Oc4cc(N(c5ccccc5)c5ccccc5)ccc43)n2)cc1. The van der Waals surface area contributed by atoms with Gasteiger partial charge in [-0.1, -0.05) is 98.1 Å². The minimum absolute atomic E-state index is 0.325. The molecule has 0 atom stereocenters. The first-order valence-corrected chi connectivity index (χ1v) is 15.7. The largest absolute Gasteiger partial charge is 0.453 e. The van der Waals surface area contributed by atoms with E-state index in [1.165, 1.54) is 19.3 Å². The van der Waals surface area contributed by atoms with Gasteiger partial charge in [0.2, 0.25) is 5.95 Å². The van der Waals surface area contributed by atoms with Crippen LogP contribution in [0.3, 0.4) is 0 Å². The molecule has 0 radical (unpaired) electrons. The second-order valence-corrected chi connectivity index (χ2v) is 11.6. The maximum atomic E-state index is 6.61. The predicted molar refractivity (Wildman–Crippen MR) is 181 cm³/mol. The molecule has 6 nitrogen and oxygen atoms in total. The number of fused-ring (bicyclic) bond motifs is 2. The van der Waals surface area contributed by atoms with Crippen LogP contribution in [-0.4, -0.2) is 15.0 Å². The summed E-state index contributed by atoms with van der Waals surface area (Å²) in [4.78, 5) is 19.7. The highest BCUT2D eigenvalue weighted by Gasteiger charge is 2.30. The highest BCUT2D eigenvalue weighted by molar-refractivity contribution is 5.87. The Morgan fingerprint density at radius 2 is 1.18 bits per heavy atom. The molecular weight excluding hydrogens is 554 g/mol. The van der Waals surface area contributed by atoms with E-state index >= 15 is 0 Å². The third-order valence-corrected chi connectivity index (χ3v) is 8.64. The lowest BCUT2D eigenvalue weighted by atomic mass is 9.89. The van der Waals surface area contributed by atoms with Crippen LogP contribution in [0.5, 0.6) is 11.5 Å². The van der Waals surface area contributed by atoms with Crippen LogP contribution >= 0.6 is 0 Å². The lowest BCUT2D eigenvalue weighted by molar-refractivity contribution is 0.428. The Hall–Kier alpha value is -5.49. The third kappa shape index (κ3) is 5.29. The minimum Gasteiger partial charge on any atom is -0.453 e. The van der Waals surface area contributed by atoms with Crippen molar-refractivity contribution >= 4 is 34.4 Å². The number of aromatic nitrogens is 3. The second kappa shape index (κ2) is 11.9. The first kappa shape index (κ1) is 27.1. The molecule has 45 heavy (non-hydrogen) atoms. The standard InChI is InChI=1S/C39H33N5O/c1-5-15-28(16-6-1)37-40-38(29-17-7-2-8-18-29)42-39(41-37)44-33-23-13-14-24-35(33)45-36-27-32(25-26-34(36)44)43(30-19-9-3-10-20-30)31-21-11-4-12-22-31/h1,3-6,9-16,19-27,29H,2,7-8,17-18H2. The van der Waals surface area contributed by atoms with E-state index in [2.05, 4.69) is 94.7 Å². The lowest BCUT2D eigenvalue weighted by Crippen LogP contribution is -2.21. The van der Waals surface area contributed by atoms with Crippen LogP contribution in [0, 0.1) is 0 Å². The van der Waals surface area contributed by atoms with Crippen LogP contribution in [0.1, 0.15) is 43.8 Å². The van der Waals surface area contributed by atoms with Crippen LogP contribution in [0.2, 0.25) is 0 Å². The lowest BCUT2D eigenvalue weighted by Gasteiger charge is -2.33. The van der Waals surface area contributed by atoms with Crippen molar-refractivity contribution in [1.29, 1.82) is 0 Å². The van der Waals surface area contributed by atoms with Crippen molar-refractivity contribution in [3.63, 3.8) is 0 Å². The first-order chi connectivity index (χ1) is 22.3. The molecule has 1 aliphatic carbocycles. The zero-order chi connectivity index (χ0) is 30.0. The van der Waals surface area contributed by atoms with Gasteiger partial charge in [0.1, 0.15) is 5.82 Å². The Bertz CT molecular complexity index is 1890. The summed E-state index contributed by atoms with van der Waals surface area (Å²) in [6.45, 7) is 0. The van der Waals surface area contributed by atoms with Crippen LogP contribution in [0.4, 0.5) is 34.4 Å². The number of benzene rings is 5. The summed E-state index contributed by atoms with van der Waals surface area (Å²) < 4.78 is 6.61. The Morgan fingerprint density at radius 1 is 0.556 bits per heavy atom. The molecule has 0 N–H and O–H groups in total. The summed E-state index contributed by atoms with van der Waals surface area (Å²) in [6, 6.07) is 45.5. The van der Waals surface area contributed by atoms with E-state index in [0.29, 0.717) is 17.7 Å². The summed E-state index contributed by atoms with van der Waals surface area (Å²) in [6.07, 6.45) is 5.89. The predicted octanol–water partition coefficient (Wildman–Crippen LogP) is 10.6. The van der Waals surface area contributed by atoms with E-state index in [9.17, 15) is 0 Å². The Labute approximate surface area is 263 Å². The fourth-order valence-corrected chi connectivity index (χ4v) is 6.44. The highest BCUT2D eigenvalue weighted by atomic mass is 16.5. The van der Waals surface area contributed by atoms with Crippen molar-refractivity contribution in [2.45, 2.75) is 38.0 Å². The van der Waals surface area contributed by atoms with Crippen molar-refractivity contribution in [3.05, 3.63) is 139 Å². The van der Waals surface area contributed by atoms with E-state index in [-0.39, 0.29) is 0 Å². The molecule has 8 rings (SSSR count). The molecule has 0 saturated heterocycles. The number of nitrogens with zero attached hydrogens (tertiary/aromatic N) is 5. The maximum Gasteiger partial charge on any atom is 0.238 e. The van der Waals surface area contributed by atoms with Crippen molar-refractivity contribution in [2.75, 3.05) is 9.80 Å². The summed E-state index contributed by atoms with van der Waals surface area (Å²) in [5.41, 5.74) is 5.90. The zero-order valence-corrected chi connectivity index (χ0v) is 25.0. The molecule has 1 fully saturated rings. The fraction of sp³-hybridized carbons (Fsp3) is 0.154. The molecule has 1 aliphatic heterocycles. The number of ether oxygens (including phenoxy) is 1. The molecule has 0 bridgehead atoms. The number of rotatable bonds is 6. The monoisotopic (exact) mass is 587 g/mol.